The second-order valence-corrected chi connectivity index (χ2v) is 4.03. The molecule has 1 heteroatoms. The standard InChI is InChI=1S/C8H8O/c1-2-6-8-3-7(8,4-8)5(1)9-6/h1-2,5-6H,3-4H2/t5-,6+,7?,8?. The Morgan fingerprint density at radius 2 is 1.67 bits per heavy atom. The van der Waals surface area contributed by atoms with E-state index >= 15 is 0 Å². The Balaban J connectivity index is 2.07. The van der Waals surface area contributed by atoms with Crippen LogP contribution in [0.3, 0.4) is 0 Å². The molecule has 0 N–H and O–H groups in total. The molecule has 0 aromatic heterocycles. The highest BCUT2D eigenvalue weighted by atomic mass is 16.5. The van der Waals surface area contributed by atoms with Gasteiger partial charge in [-0.05, 0) is 12.8 Å². The fourth-order valence-electron chi connectivity index (χ4n) is 3.03. The molecule has 1 nitrogen and oxygen atoms in total. The minimum absolute atomic E-state index is 0.544. The second-order valence-electron chi connectivity index (χ2n) is 4.03. The van der Waals surface area contributed by atoms with E-state index in [2.05, 4.69) is 12.2 Å². The minimum atomic E-state index is 0.544. The van der Waals surface area contributed by atoms with Crippen LogP contribution in [0.5, 0.6) is 0 Å². The van der Waals surface area contributed by atoms with Crippen molar-refractivity contribution in [2.75, 3.05) is 0 Å². The monoisotopic (exact) mass is 120 g/mol. The first-order chi connectivity index (χ1) is 4.37. The molecule has 46 valence electrons. The van der Waals surface area contributed by atoms with E-state index < -0.39 is 0 Å². The van der Waals surface area contributed by atoms with Crippen molar-refractivity contribution in [2.24, 2.45) is 10.8 Å². The summed E-state index contributed by atoms with van der Waals surface area (Å²) in [6, 6.07) is 0. The van der Waals surface area contributed by atoms with Gasteiger partial charge in [0.1, 0.15) is 0 Å². The highest BCUT2D eigenvalue weighted by Gasteiger charge is 2.93. The van der Waals surface area contributed by atoms with Crippen molar-refractivity contribution in [1.29, 1.82) is 0 Å². The predicted octanol–water partition coefficient (Wildman–Crippen LogP) is 1.10. The van der Waals surface area contributed by atoms with Gasteiger partial charge in [-0.3, -0.25) is 0 Å². The zero-order valence-corrected chi connectivity index (χ0v) is 5.13. The second kappa shape index (κ2) is 0.671. The van der Waals surface area contributed by atoms with Crippen LogP contribution < -0.4 is 0 Å². The molecule has 0 amide bonds. The van der Waals surface area contributed by atoms with Crippen LogP contribution in [0, 0.1) is 10.8 Å². The van der Waals surface area contributed by atoms with Crippen LogP contribution in [0.15, 0.2) is 12.2 Å². The topological polar surface area (TPSA) is 9.23 Å². The molecule has 2 aliphatic heterocycles. The van der Waals surface area contributed by atoms with Gasteiger partial charge in [0.25, 0.3) is 0 Å². The molecule has 2 atom stereocenters. The molecule has 4 rings (SSSR count). The average molecular weight is 120 g/mol. The normalized spacial score (nSPS) is 78.2. The summed E-state index contributed by atoms with van der Waals surface area (Å²) in [5, 5.41) is 0. The van der Waals surface area contributed by atoms with Gasteiger partial charge in [0, 0.05) is 10.8 Å². The molecule has 2 saturated carbocycles. The Labute approximate surface area is 53.7 Å². The van der Waals surface area contributed by atoms with E-state index in [4.69, 9.17) is 4.74 Å². The zero-order chi connectivity index (χ0) is 5.69. The third-order valence-corrected chi connectivity index (χ3v) is 3.85. The molecule has 2 bridgehead atoms. The van der Waals surface area contributed by atoms with Gasteiger partial charge in [0.05, 0.1) is 12.2 Å². The predicted molar refractivity (Wildman–Crippen MR) is 31.9 cm³/mol. The summed E-state index contributed by atoms with van der Waals surface area (Å²) in [5.74, 6) is 0. The van der Waals surface area contributed by atoms with E-state index in [1.807, 2.05) is 0 Å². The lowest BCUT2D eigenvalue weighted by atomic mass is 10.1. The van der Waals surface area contributed by atoms with Gasteiger partial charge < -0.3 is 4.74 Å². The molecule has 0 spiro atoms. The van der Waals surface area contributed by atoms with Crippen molar-refractivity contribution >= 4 is 0 Å². The molecular formula is C8H8O. The molecule has 0 unspecified atom stereocenters. The SMILES string of the molecule is C1=C[C@H]2O[C@@H]1C13CC21C3. The third-order valence-electron chi connectivity index (χ3n) is 3.85. The van der Waals surface area contributed by atoms with Gasteiger partial charge in [0.2, 0.25) is 0 Å². The van der Waals surface area contributed by atoms with Gasteiger partial charge in [-0.2, -0.15) is 0 Å². The number of hydrogen-bond donors (Lipinski definition) is 0. The zero-order valence-electron chi connectivity index (χ0n) is 5.13. The van der Waals surface area contributed by atoms with E-state index in [0.29, 0.717) is 23.0 Å². The molecular weight excluding hydrogens is 112 g/mol. The Bertz CT molecular complexity index is 213. The van der Waals surface area contributed by atoms with Crippen LogP contribution in [-0.4, -0.2) is 12.2 Å². The van der Waals surface area contributed by atoms with Crippen LogP contribution in [0.1, 0.15) is 12.8 Å². The highest BCUT2D eigenvalue weighted by molar-refractivity contribution is 5.47. The molecule has 2 aliphatic carbocycles. The summed E-state index contributed by atoms with van der Waals surface area (Å²) in [5.41, 5.74) is 1.43. The number of fused-ring (bicyclic) bond motifs is 2. The van der Waals surface area contributed by atoms with Crippen molar-refractivity contribution < 1.29 is 4.74 Å². The largest absolute Gasteiger partial charge is 0.366 e. The Hall–Kier alpha value is -0.300. The lowest BCUT2D eigenvalue weighted by Crippen LogP contribution is -2.17. The van der Waals surface area contributed by atoms with Gasteiger partial charge in [-0.15, -0.1) is 0 Å². The van der Waals surface area contributed by atoms with E-state index in [0.717, 1.165) is 0 Å². The first-order valence-corrected chi connectivity index (χ1v) is 3.71. The Morgan fingerprint density at radius 1 is 1.11 bits per heavy atom. The average Bonchev–Trinajstić information content (AvgIpc) is 2.51. The van der Waals surface area contributed by atoms with Crippen LogP contribution in [0.4, 0.5) is 0 Å². The van der Waals surface area contributed by atoms with Crippen molar-refractivity contribution in [1.82, 2.24) is 0 Å². The van der Waals surface area contributed by atoms with Crippen molar-refractivity contribution in [3.8, 4) is 0 Å². The van der Waals surface area contributed by atoms with Gasteiger partial charge in [-0.25, -0.2) is 0 Å². The highest BCUT2D eigenvalue weighted by Crippen LogP contribution is 2.94. The van der Waals surface area contributed by atoms with Crippen molar-refractivity contribution in [2.45, 2.75) is 25.0 Å². The molecule has 0 aromatic carbocycles. The molecule has 1 saturated heterocycles. The molecule has 3 fully saturated rings. The maximum Gasteiger partial charge on any atom is 0.0828 e. The van der Waals surface area contributed by atoms with Crippen molar-refractivity contribution in [3.63, 3.8) is 0 Å². The van der Waals surface area contributed by atoms with Gasteiger partial charge in [-0.1, -0.05) is 12.2 Å². The number of hydrogen-bond acceptors (Lipinski definition) is 1. The fourth-order valence-corrected chi connectivity index (χ4v) is 3.03. The molecule has 2 heterocycles. The molecule has 0 radical (unpaired) electrons. The van der Waals surface area contributed by atoms with E-state index in [1.165, 1.54) is 12.8 Å². The van der Waals surface area contributed by atoms with Crippen LogP contribution >= 0.6 is 0 Å². The summed E-state index contributed by atoms with van der Waals surface area (Å²) in [4.78, 5) is 0. The smallest absolute Gasteiger partial charge is 0.0828 e. The number of ether oxygens (including phenoxy) is 1. The third kappa shape index (κ3) is 0.176. The van der Waals surface area contributed by atoms with Crippen LogP contribution in [-0.2, 0) is 4.74 Å². The van der Waals surface area contributed by atoms with Crippen molar-refractivity contribution in [3.05, 3.63) is 12.2 Å². The van der Waals surface area contributed by atoms with Crippen LogP contribution in [0.2, 0.25) is 0 Å². The summed E-state index contributed by atoms with van der Waals surface area (Å²) in [6.45, 7) is 0. The molecule has 4 aliphatic rings. The maximum absolute atomic E-state index is 5.67. The lowest BCUT2D eigenvalue weighted by molar-refractivity contribution is 0.0328. The first-order valence-electron chi connectivity index (χ1n) is 3.71. The van der Waals surface area contributed by atoms with Gasteiger partial charge in [0.15, 0.2) is 0 Å². The Morgan fingerprint density at radius 3 is 2.00 bits per heavy atom. The van der Waals surface area contributed by atoms with Crippen LogP contribution in [0.25, 0.3) is 0 Å². The van der Waals surface area contributed by atoms with E-state index in [1.54, 1.807) is 0 Å². The summed E-state index contributed by atoms with van der Waals surface area (Å²) in [7, 11) is 0. The first kappa shape index (κ1) is 3.77. The summed E-state index contributed by atoms with van der Waals surface area (Å²) < 4.78 is 5.67. The molecule has 9 heavy (non-hydrogen) atoms. The minimum Gasteiger partial charge on any atom is -0.366 e. The van der Waals surface area contributed by atoms with E-state index in [-0.39, 0.29) is 0 Å². The van der Waals surface area contributed by atoms with Gasteiger partial charge >= 0.3 is 0 Å². The lowest BCUT2D eigenvalue weighted by Gasteiger charge is -2.16. The number of rotatable bonds is 0. The maximum atomic E-state index is 5.67. The summed E-state index contributed by atoms with van der Waals surface area (Å²) in [6.07, 6.45) is 8.57. The fraction of sp³-hybridized carbons (Fsp3) is 0.750. The van der Waals surface area contributed by atoms with E-state index in [9.17, 15) is 0 Å². The summed E-state index contributed by atoms with van der Waals surface area (Å²) >= 11 is 0. The molecule has 0 aromatic rings. The Kier molecular flexibility index (Phi) is 0.281. The quantitative estimate of drug-likeness (QED) is 0.435.